The van der Waals surface area contributed by atoms with Crippen molar-refractivity contribution in [1.82, 2.24) is 5.32 Å². The van der Waals surface area contributed by atoms with E-state index in [1.54, 1.807) is 0 Å². The number of Topliss-reactive ketones (excluding diaryl/α,β-unsaturated/α-hetero) is 1. The van der Waals surface area contributed by atoms with Gasteiger partial charge in [0.15, 0.2) is 17.4 Å². The van der Waals surface area contributed by atoms with Gasteiger partial charge in [-0.2, -0.15) is 0 Å². The van der Waals surface area contributed by atoms with Crippen LogP contribution in [-0.4, -0.2) is 18.9 Å². The average Bonchev–Trinajstić information content (AvgIpc) is 2.42. The van der Waals surface area contributed by atoms with Gasteiger partial charge in [-0.3, -0.25) is 4.79 Å². The first-order valence-electron chi connectivity index (χ1n) is 6.63. The lowest BCUT2D eigenvalue weighted by Crippen LogP contribution is -2.42. The number of halogens is 2. The molecule has 2 nitrogen and oxygen atoms in total. The summed E-state index contributed by atoms with van der Waals surface area (Å²) in [5.41, 5.74) is -0.327. The Morgan fingerprint density at radius 2 is 2.05 bits per heavy atom. The Hall–Kier alpha value is -1.29. The molecule has 0 saturated carbocycles. The van der Waals surface area contributed by atoms with Crippen molar-refractivity contribution in [3.05, 3.63) is 35.4 Å². The van der Waals surface area contributed by atoms with Crippen LogP contribution in [-0.2, 0) is 0 Å². The first kappa shape index (κ1) is 14.1. The van der Waals surface area contributed by atoms with E-state index in [4.69, 9.17) is 0 Å². The largest absolute Gasteiger partial charge is 0.316 e. The van der Waals surface area contributed by atoms with Crippen molar-refractivity contribution < 1.29 is 13.6 Å². The third kappa shape index (κ3) is 2.84. The van der Waals surface area contributed by atoms with Gasteiger partial charge in [-0.05, 0) is 50.0 Å². The number of nitrogens with one attached hydrogen (secondary N) is 1. The summed E-state index contributed by atoms with van der Waals surface area (Å²) in [5, 5.41) is 3.28. The van der Waals surface area contributed by atoms with E-state index in [9.17, 15) is 13.6 Å². The van der Waals surface area contributed by atoms with E-state index in [0.29, 0.717) is 0 Å². The standard InChI is InChI=1S/C15H19F2NO/c1-15(2,11-4-3-7-18-9-11)14(19)10-5-6-12(16)13(17)8-10/h5-6,8,11,18H,3-4,7,9H2,1-2H3. The van der Waals surface area contributed by atoms with Gasteiger partial charge in [0.1, 0.15) is 0 Å². The topological polar surface area (TPSA) is 29.1 Å². The van der Waals surface area contributed by atoms with Crippen LogP contribution >= 0.6 is 0 Å². The number of piperidine rings is 1. The highest BCUT2D eigenvalue weighted by molar-refractivity contribution is 6.00. The zero-order valence-electron chi connectivity index (χ0n) is 11.3. The summed E-state index contributed by atoms with van der Waals surface area (Å²) in [6, 6.07) is 3.37. The molecule has 1 saturated heterocycles. The quantitative estimate of drug-likeness (QED) is 0.852. The second-order valence-corrected chi connectivity index (χ2v) is 5.72. The Labute approximate surface area is 112 Å². The molecule has 2 rings (SSSR count). The maximum atomic E-state index is 13.2. The lowest BCUT2D eigenvalue weighted by molar-refractivity contribution is 0.0708. The van der Waals surface area contributed by atoms with Crippen LogP contribution in [0.2, 0.25) is 0 Å². The highest BCUT2D eigenvalue weighted by Crippen LogP contribution is 2.35. The molecule has 0 spiro atoms. The Balaban J connectivity index is 2.23. The molecule has 1 heterocycles. The summed E-state index contributed by atoms with van der Waals surface area (Å²) in [6.45, 7) is 5.54. The monoisotopic (exact) mass is 267 g/mol. The molecule has 4 heteroatoms. The molecule has 0 radical (unpaired) electrons. The molecule has 1 fully saturated rings. The van der Waals surface area contributed by atoms with Crippen molar-refractivity contribution in [2.24, 2.45) is 11.3 Å². The molecule has 0 bridgehead atoms. The first-order chi connectivity index (χ1) is 8.93. The summed E-state index contributed by atoms with van der Waals surface area (Å²) in [7, 11) is 0. The smallest absolute Gasteiger partial charge is 0.168 e. The Kier molecular flexibility index (Phi) is 3.99. The second kappa shape index (κ2) is 5.37. The molecular weight excluding hydrogens is 248 g/mol. The first-order valence-corrected chi connectivity index (χ1v) is 6.63. The minimum Gasteiger partial charge on any atom is -0.316 e. The summed E-state index contributed by atoms with van der Waals surface area (Å²) < 4.78 is 26.1. The predicted molar refractivity (Wildman–Crippen MR) is 70.1 cm³/mol. The van der Waals surface area contributed by atoms with Crippen molar-refractivity contribution in [1.29, 1.82) is 0 Å². The minimum absolute atomic E-state index is 0.125. The Bertz CT molecular complexity index is 479. The van der Waals surface area contributed by atoms with Crippen LogP contribution in [0.5, 0.6) is 0 Å². The number of carbonyl (C=O) groups excluding carboxylic acids is 1. The number of carbonyl (C=O) groups is 1. The molecule has 1 aliphatic rings. The van der Waals surface area contributed by atoms with Crippen LogP contribution in [0.3, 0.4) is 0 Å². The van der Waals surface area contributed by atoms with Gasteiger partial charge in [0.25, 0.3) is 0 Å². The number of rotatable bonds is 3. The van der Waals surface area contributed by atoms with E-state index < -0.39 is 17.0 Å². The summed E-state index contributed by atoms with van der Waals surface area (Å²) in [4.78, 5) is 12.5. The SMILES string of the molecule is CC(C)(C(=O)c1ccc(F)c(F)c1)C1CCCNC1. The van der Waals surface area contributed by atoms with Crippen LogP contribution in [0, 0.1) is 23.0 Å². The summed E-state index contributed by atoms with van der Waals surface area (Å²) in [6.07, 6.45) is 2.02. The van der Waals surface area contributed by atoms with E-state index in [2.05, 4.69) is 5.32 Å². The normalized spacial score (nSPS) is 20.3. The maximum Gasteiger partial charge on any atom is 0.168 e. The van der Waals surface area contributed by atoms with E-state index in [0.717, 1.165) is 38.1 Å². The van der Waals surface area contributed by atoms with Crippen LogP contribution < -0.4 is 5.32 Å². The van der Waals surface area contributed by atoms with E-state index in [1.165, 1.54) is 6.07 Å². The molecule has 0 aromatic heterocycles. The molecule has 1 aliphatic heterocycles. The van der Waals surface area contributed by atoms with Crippen molar-refractivity contribution in [2.75, 3.05) is 13.1 Å². The van der Waals surface area contributed by atoms with Crippen LogP contribution in [0.1, 0.15) is 37.0 Å². The van der Waals surface area contributed by atoms with Crippen molar-refractivity contribution >= 4 is 5.78 Å². The van der Waals surface area contributed by atoms with E-state index in [-0.39, 0.29) is 17.3 Å². The molecule has 0 aliphatic carbocycles. The molecule has 1 atom stereocenters. The molecule has 1 aromatic carbocycles. The minimum atomic E-state index is -0.969. The lowest BCUT2D eigenvalue weighted by atomic mass is 9.70. The average molecular weight is 267 g/mol. The van der Waals surface area contributed by atoms with Gasteiger partial charge in [0, 0.05) is 11.0 Å². The van der Waals surface area contributed by atoms with Gasteiger partial charge >= 0.3 is 0 Å². The molecule has 19 heavy (non-hydrogen) atoms. The maximum absolute atomic E-state index is 13.2. The molecule has 1 aromatic rings. The summed E-state index contributed by atoms with van der Waals surface area (Å²) in [5.74, 6) is -1.79. The lowest BCUT2D eigenvalue weighted by Gasteiger charge is -2.36. The molecule has 104 valence electrons. The van der Waals surface area contributed by atoms with Gasteiger partial charge in [0.05, 0.1) is 0 Å². The fourth-order valence-corrected chi connectivity index (χ4v) is 2.66. The van der Waals surface area contributed by atoms with Crippen LogP contribution in [0.15, 0.2) is 18.2 Å². The fourth-order valence-electron chi connectivity index (χ4n) is 2.66. The predicted octanol–water partition coefficient (Wildman–Crippen LogP) is 3.17. The number of hydrogen-bond acceptors (Lipinski definition) is 2. The Morgan fingerprint density at radius 3 is 2.63 bits per heavy atom. The molecule has 0 amide bonds. The van der Waals surface area contributed by atoms with Crippen LogP contribution in [0.25, 0.3) is 0 Å². The fraction of sp³-hybridized carbons (Fsp3) is 0.533. The zero-order chi connectivity index (χ0) is 14.0. The molecule has 1 unspecified atom stereocenters. The molecular formula is C15H19F2NO. The third-order valence-corrected chi connectivity index (χ3v) is 4.08. The van der Waals surface area contributed by atoms with Crippen LogP contribution in [0.4, 0.5) is 8.78 Å². The van der Waals surface area contributed by atoms with Gasteiger partial charge in [-0.1, -0.05) is 13.8 Å². The Morgan fingerprint density at radius 1 is 1.32 bits per heavy atom. The zero-order valence-corrected chi connectivity index (χ0v) is 11.3. The second-order valence-electron chi connectivity index (χ2n) is 5.72. The summed E-state index contributed by atoms with van der Waals surface area (Å²) >= 11 is 0. The van der Waals surface area contributed by atoms with Crippen molar-refractivity contribution in [3.63, 3.8) is 0 Å². The van der Waals surface area contributed by atoms with Gasteiger partial charge in [0.2, 0.25) is 0 Å². The van der Waals surface area contributed by atoms with Gasteiger partial charge in [-0.15, -0.1) is 0 Å². The molecule has 1 N–H and O–H groups in total. The third-order valence-electron chi connectivity index (χ3n) is 4.08. The van der Waals surface area contributed by atoms with E-state index >= 15 is 0 Å². The van der Waals surface area contributed by atoms with Gasteiger partial charge < -0.3 is 5.32 Å². The highest BCUT2D eigenvalue weighted by atomic mass is 19.2. The highest BCUT2D eigenvalue weighted by Gasteiger charge is 2.37. The van der Waals surface area contributed by atoms with Gasteiger partial charge in [-0.25, -0.2) is 8.78 Å². The van der Waals surface area contributed by atoms with Crippen molar-refractivity contribution in [2.45, 2.75) is 26.7 Å². The number of ketones is 1. The number of benzene rings is 1. The van der Waals surface area contributed by atoms with Crippen molar-refractivity contribution in [3.8, 4) is 0 Å². The number of hydrogen-bond donors (Lipinski definition) is 1. The van der Waals surface area contributed by atoms with E-state index in [1.807, 2.05) is 13.8 Å².